The summed E-state index contributed by atoms with van der Waals surface area (Å²) in [5, 5.41) is 19.3. The van der Waals surface area contributed by atoms with Gasteiger partial charge in [0.15, 0.2) is 0 Å². The molecule has 0 spiro atoms. The van der Waals surface area contributed by atoms with Crippen LogP contribution in [0.2, 0.25) is 0 Å². The topological polar surface area (TPSA) is 78.7 Å². The molecule has 0 radical (unpaired) electrons. The Morgan fingerprint density at radius 1 is 1.45 bits per heavy atom. The van der Waals surface area contributed by atoms with Crippen LogP contribution in [0.3, 0.4) is 0 Å². The number of carbonyl (C=O) groups excluding carboxylic acids is 1. The van der Waals surface area contributed by atoms with E-state index in [1.165, 1.54) is 0 Å². The predicted molar refractivity (Wildman–Crippen MR) is 74.2 cm³/mol. The normalized spacial score (nSPS) is 16.1. The van der Waals surface area contributed by atoms with Gasteiger partial charge >= 0.3 is 6.03 Å². The molecule has 0 aromatic carbocycles. The molecule has 2 aromatic heterocycles. The number of nitrogens with zero attached hydrogens (tertiary/aromatic N) is 2. The lowest BCUT2D eigenvalue weighted by Crippen LogP contribution is -2.39. The molecule has 0 bridgehead atoms. The summed E-state index contributed by atoms with van der Waals surface area (Å²) in [7, 11) is 0. The van der Waals surface area contributed by atoms with Gasteiger partial charge in [-0.05, 0) is 30.9 Å². The number of amides is 2. The van der Waals surface area contributed by atoms with Gasteiger partial charge in [0.1, 0.15) is 0 Å². The summed E-state index contributed by atoms with van der Waals surface area (Å²) in [5.74, 6) is 0.370. The molecular formula is C14H18N4O2. The zero-order valence-corrected chi connectivity index (χ0v) is 11.1. The number of aromatic nitrogens is 2. The van der Waals surface area contributed by atoms with Crippen LogP contribution in [-0.4, -0.2) is 33.4 Å². The van der Waals surface area contributed by atoms with E-state index in [1.54, 1.807) is 10.7 Å². The molecule has 6 nitrogen and oxygen atoms in total. The third kappa shape index (κ3) is 2.91. The summed E-state index contributed by atoms with van der Waals surface area (Å²) in [6, 6.07) is 5.54. The Bertz CT molecular complexity index is 606. The second-order valence-corrected chi connectivity index (χ2v) is 5.17. The van der Waals surface area contributed by atoms with Gasteiger partial charge in [0.25, 0.3) is 0 Å². The van der Waals surface area contributed by atoms with Crippen LogP contribution in [0.4, 0.5) is 4.79 Å². The first-order chi connectivity index (χ1) is 9.74. The van der Waals surface area contributed by atoms with Crippen LogP contribution in [0.1, 0.15) is 18.4 Å². The van der Waals surface area contributed by atoms with Crippen LogP contribution in [0.15, 0.2) is 30.6 Å². The molecule has 3 N–H and O–H groups in total. The van der Waals surface area contributed by atoms with Crippen molar-refractivity contribution >= 4 is 11.5 Å². The minimum absolute atomic E-state index is 0.264. The molecule has 2 heterocycles. The van der Waals surface area contributed by atoms with Gasteiger partial charge < -0.3 is 15.7 Å². The molecule has 3 rings (SSSR count). The summed E-state index contributed by atoms with van der Waals surface area (Å²) in [6.45, 7) is 0.726. The molecule has 1 atom stereocenters. The summed E-state index contributed by atoms with van der Waals surface area (Å²) in [4.78, 5) is 11.7. The minimum Gasteiger partial charge on any atom is -0.391 e. The number of nitrogens with one attached hydrogen (secondary N) is 2. The third-order valence-electron chi connectivity index (χ3n) is 3.58. The standard InChI is InChI=1S/C14H18N4O2/c19-13(10-4-5-10)9-16-14(20)15-7-11-8-17-18-6-2-1-3-12(11)18/h1-3,6,8,10,13,19H,4-5,7,9H2,(H2,15,16,20). The van der Waals surface area contributed by atoms with Crippen molar-refractivity contribution in [2.45, 2.75) is 25.5 Å². The predicted octanol–water partition coefficient (Wildman–Crippen LogP) is 0.904. The zero-order valence-electron chi connectivity index (χ0n) is 11.1. The highest BCUT2D eigenvalue weighted by molar-refractivity contribution is 5.74. The van der Waals surface area contributed by atoms with Crippen molar-refractivity contribution in [1.29, 1.82) is 0 Å². The van der Waals surface area contributed by atoms with E-state index >= 15 is 0 Å². The fourth-order valence-corrected chi connectivity index (χ4v) is 2.21. The number of urea groups is 1. The lowest BCUT2D eigenvalue weighted by molar-refractivity contribution is 0.149. The molecule has 6 heteroatoms. The highest BCUT2D eigenvalue weighted by atomic mass is 16.3. The van der Waals surface area contributed by atoms with Gasteiger partial charge in [-0.3, -0.25) is 0 Å². The molecule has 0 aliphatic heterocycles. The molecular weight excluding hydrogens is 256 g/mol. The Labute approximate surface area is 116 Å². The maximum Gasteiger partial charge on any atom is 0.315 e. The van der Waals surface area contributed by atoms with Crippen molar-refractivity contribution in [3.8, 4) is 0 Å². The number of pyridine rings is 1. The van der Waals surface area contributed by atoms with Crippen LogP contribution in [-0.2, 0) is 6.54 Å². The van der Waals surface area contributed by atoms with Gasteiger partial charge in [-0.1, -0.05) is 6.07 Å². The first kappa shape index (κ1) is 12.9. The monoisotopic (exact) mass is 274 g/mol. The second kappa shape index (κ2) is 5.50. The minimum atomic E-state index is -0.419. The summed E-state index contributed by atoms with van der Waals surface area (Å²) < 4.78 is 1.77. The summed E-state index contributed by atoms with van der Waals surface area (Å²) >= 11 is 0. The highest BCUT2D eigenvalue weighted by Gasteiger charge is 2.29. The van der Waals surface area contributed by atoms with E-state index in [4.69, 9.17) is 0 Å². The van der Waals surface area contributed by atoms with Crippen LogP contribution in [0.25, 0.3) is 5.52 Å². The fraction of sp³-hybridized carbons (Fsp3) is 0.429. The Hall–Kier alpha value is -2.08. The number of rotatable bonds is 5. The average Bonchev–Trinajstić information content (AvgIpc) is 3.24. The maximum atomic E-state index is 11.7. The van der Waals surface area contributed by atoms with Crippen LogP contribution < -0.4 is 10.6 Å². The van der Waals surface area contributed by atoms with E-state index < -0.39 is 6.10 Å². The Morgan fingerprint density at radius 2 is 2.30 bits per heavy atom. The van der Waals surface area contributed by atoms with Gasteiger partial charge in [-0.15, -0.1) is 0 Å². The summed E-state index contributed by atoms with van der Waals surface area (Å²) in [6.07, 6.45) is 5.32. The van der Waals surface area contributed by atoms with E-state index in [0.717, 1.165) is 23.9 Å². The lowest BCUT2D eigenvalue weighted by Gasteiger charge is -2.11. The molecule has 2 amide bonds. The van der Waals surface area contributed by atoms with E-state index in [2.05, 4.69) is 15.7 Å². The third-order valence-corrected chi connectivity index (χ3v) is 3.58. The first-order valence-electron chi connectivity index (χ1n) is 6.85. The molecule has 20 heavy (non-hydrogen) atoms. The van der Waals surface area contributed by atoms with Crippen molar-refractivity contribution in [3.63, 3.8) is 0 Å². The van der Waals surface area contributed by atoms with Crippen molar-refractivity contribution < 1.29 is 9.90 Å². The smallest absolute Gasteiger partial charge is 0.315 e. The van der Waals surface area contributed by atoms with Crippen molar-refractivity contribution in [2.24, 2.45) is 5.92 Å². The van der Waals surface area contributed by atoms with E-state index in [1.807, 2.05) is 24.4 Å². The van der Waals surface area contributed by atoms with Crippen molar-refractivity contribution in [1.82, 2.24) is 20.2 Å². The van der Waals surface area contributed by atoms with Crippen molar-refractivity contribution in [3.05, 3.63) is 36.2 Å². The number of hydrogen-bond acceptors (Lipinski definition) is 3. The van der Waals surface area contributed by atoms with Gasteiger partial charge in [-0.2, -0.15) is 5.10 Å². The van der Waals surface area contributed by atoms with Gasteiger partial charge in [-0.25, -0.2) is 9.31 Å². The molecule has 106 valence electrons. The second-order valence-electron chi connectivity index (χ2n) is 5.17. The van der Waals surface area contributed by atoms with E-state index in [0.29, 0.717) is 19.0 Å². The van der Waals surface area contributed by atoms with E-state index in [9.17, 15) is 9.90 Å². The highest BCUT2D eigenvalue weighted by Crippen LogP contribution is 2.32. The Balaban J connectivity index is 1.49. The first-order valence-corrected chi connectivity index (χ1v) is 6.85. The molecule has 0 saturated heterocycles. The van der Waals surface area contributed by atoms with Crippen molar-refractivity contribution in [2.75, 3.05) is 6.54 Å². The molecule has 1 aliphatic rings. The van der Waals surface area contributed by atoms with Gasteiger partial charge in [0, 0.05) is 24.8 Å². The van der Waals surface area contributed by atoms with Crippen LogP contribution in [0.5, 0.6) is 0 Å². The van der Waals surface area contributed by atoms with Gasteiger partial charge in [0.2, 0.25) is 0 Å². The maximum absolute atomic E-state index is 11.7. The Morgan fingerprint density at radius 3 is 3.10 bits per heavy atom. The van der Waals surface area contributed by atoms with Crippen LogP contribution >= 0.6 is 0 Å². The summed E-state index contributed by atoms with van der Waals surface area (Å²) in [5.41, 5.74) is 1.94. The fourth-order valence-electron chi connectivity index (χ4n) is 2.21. The number of carbonyl (C=O) groups is 1. The SMILES string of the molecule is O=C(NCc1cnn2ccccc12)NCC(O)C1CC1. The largest absolute Gasteiger partial charge is 0.391 e. The quantitative estimate of drug-likeness (QED) is 0.758. The molecule has 1 fully saturated rings. The van der Waals surface area contributed by atoms with Crippen LogP contribution in [0, 0.1) is 5.92 Å². The molecule has 1 saturated carbocycles. The molecule has 2 aromatic rings. The number of fused-ring (bicyclic) bond motifs is 1. The number of hydrogen-bond donors (Lipinski definition) is 3. The van der Waals surface area contributed by atoms with Gasteiger partial charge in [0.05, 0.1) is 17.8 Å². The lowest BCUT2D eigenvalue weighted by atomic mass is 10.2. The van der Waals surface area contributed by atoms with E-state index in [-0.39, 0.29) is 6.03 Å². The molecule has 1 aliphatic carbocycles. The number of aliphatic hydroxyl groups is 1. The Kier molecular flexibility index (Phi) is 3.56. The average molecular weight is 274 g/mol. The zero-order chi connectivity index (χ0) is 13.9. The number of aliphatic hydroxyl groups excluding tert-OH is 1. The molecule has 1 unspecified atom stereocenters.